The lowest BCUT2D eigenvalue weighted by atomic mass is 9.65. The summed E-state index contributed by atoms with van der Waals surface area (Å²) < 4.78 is 39.1. The number of ketones is 1. The number of aromatic nitrogens is 1. The quantitative estimate of drug-likeness (QED) is 0.385. The Bertz CT molecular complexity index is 1390. The summed E-state index contributed by atoms with van der Waals surface area (Å²) in [4.78, 5) is 41.1. The van der Waals surface area contributed by atoms with Crippen LogP contribution in [0.15, 0.2) is 29.2 Å². The van der Waals surface area contributed by atoms with E-state index in [0.29, 0.717) is 17.9 Å². The highest BCUT2D eigenvalue weighted by atomic mass is 32.2. The molecule has 0 unspecified atom stereocenters. The number of Topliss-reactive ketones (excluding diaryl/α,β-unsaturated/α-hetero) is 1. The number of esters is 2. The van der Waals surface area contributed by atoms with E-state index in [-0.39, 0.29) is 45.1 Å². The number of nitrogens with zero attached hydrogens (tertiary/aromatic N) is 1. The number of rotatable bonds is 8. The van der Waals surface area contributed by atoms with Crippen LogP contribution in [0.2, 0.25) is 0 Å². The van der Waals surface area contributed by atoms with Crippen LogP contribution in [0.5, 0.6) is 0 Å². The van der Waals surface area contributed by atoms with Gasteiger partial charge in [0.25, 0.3) is 0 Å². The third-order valence-electron chi connectivity index (χ3n) is 7.51. The van der Waals surface area contributed by atoms with Crippen molar-refractivity contribution in [2.75, 3.05) is 19.8 Å². The number of hydrogen-bond acceptors (Lipinski definition) is 7. The van der Waals surface area contributed by atoms with Gasteiger partial charge in [-0.15, -0.1) is 0 Å². The van der Waals surface area contributed by atoms with Crippen molar-refractivity contribution in [2.45, 2.75) is 71.7 Å². The highest BCUT2D eigenvalue weighted by Gasteiger charge is 2.53. The minimum Gasteiger partial charge on any atom is -0.462 e. The van der Waals surface area contributed by atoms with Gasteiger partial charge in [0.2, 0.25) is 15.8 Å². The number of aryl methyl sites for hydroxylation is 2. The van der Waals surface area contributed by atoms with Crippen LogP contribution in [-0.4, -0.2) is 61.2 Å². The van der Waals surface area contributed by atoms with E-state index in [9.17, 15) is 22.8 Å². The molecule has 2 aromatic rings. The predicted molar refractivity (Wildman–Crippen MR) is 141 cm³/mol. The fourth-order valence-electron chi connectivity index (χ4n) is 6.48. The lowest BCUT2D eigenvalue weighted by Gasteiger charge is -2.39. The molecule has 2 aliphatic rings. The second-order valence-corrected chi connectivity index (χ2v) is 13.5. The SMILES string of the molecule is CCOC(=O)c1c(C)[nH]c(C)c1C(=O)COC(=O)c1cccc(S(=O)(=O)N2C[C@]3(C)C[C@H]2CC(C)(C)C3)c1. The summed E-state index contributed by atoms with van der Waals surface area (Å²) in [5.41, 5.74) is 1.19. The lowest BCUT2D eigenvalue weighted by molar-refractivity contribution is 0.0472. The van der Waals surface area contributed by atoms with Crippen molar-refractivity contribution in [2.24, 2.45) is 10.8 Å². The number of aromatic amines is 1. The summed E-state index contributed by atoms with van der Waals surface area (Å²) in [5, 5.41) is 0. The highest BCUT2D eigenvalue weighted by Crippen LogP contribution is 2.53. The summed E-state index contributed by atoms with van der Waals surface area (Å²) in [6.07, 6.45) is 2.57. The molecule has 206 valence electrons. The van der Waals surface area contributed by atoms with Crippen LogP contribution in [0.25, 0.3) is 0 Å². The number of hydrogen-bond donors (Lipinski definition) is 1. The van der Waals surface area contributed by atoms with Crippen LogP contribution < -0.4 is 0 Å². The van der Waals surface area contributed by atoms with E-state index in [0.717, 1.165) is 19.3 Å². The molecule has 1 aromatic heterocycles. The average Bonchev–Trinajstić information content (AvgIpc) is 3.27. The Balaban J connectivity index is 1.50. The topological polar surface area (TPSA) is 123 Å². The van der Waals surface area contributed by atoms with Crippen LogP contribution in [-0.2, 0) is 19.5 Å². The van der Waals surface area contributed by atoms with Gasteiger partial charge >= 0.3 is 11.9 Å². The van der Waals surface area contributed by atoms with Crippen molar-refractivity contribution >= 4 is 27.7 Å². The summed E-state index contributed by atoms with van der Waals surface area (Å²) in [6.45, 7) is 11.5. The van der Waals surface area contributed by atoms with Gasteiger partial charge in [0.1, 0.15) is 0 Å². The van der Waals surface area contributed by atoms with Crippen molar-refractivity contribution in [3.63, 3.8) is 0 Å². The largest absolute Gasteiger partial charge is 0.462 e. The smallest absolute Gasteiger partial charge is 0.340 e. The Kier molecular flexibility index (Phi) is 7.35. The number of sulfonamides is 1. The maximum absolute atomic E-state index is 13.6. The van der Waals surface area contributed by atoms with Gasteiger partial charge in [0, 0.05) is 24.0 Å². The Morgan fingerprint density at radius 2 is 1.71 bits per heavy atom. The van der Waals surface area contributed by atoms with E-state index < -0.39 is 34.4 Å². The molecule has 0 amide bonds. The lowest BCUT2D eigenvalue weighted by Crippen LogP contribution is -2.37. The fourth-order valence-corrected chi connectivity index (χ4v) is 8.30. The van der Waals surface area contributed by atoms with Crippen LogP contribution in [0.3, 0.4) is 0 Å². The summed E-state index contributed by atoms with van der Waals surface area (Å²) in [7, 11) is -3.83. The van der Waals surface area contributed by atoms with Crippen molar-refractivity contribution in [3.8, 4) is 0 Å². The molecule has 10 heteroatoms. The van der Waals surface area contributed by atoms with Crippen LogP contribution >= 0.6 is 0 Å². The number of carbonyl (C=O) groups excluding carboxylic acids is 3. The van der Waals surface area contributed by atoms with Crippen molar-refractivity contribution < 1.29 is 32.3 Å². The van der Waals surface area contributed by atoms with Gasteiger partial charge in [-0.1, -0.05) is 26.8 Å². The first-order valence-corrected chi connectivity index (χ1v) is 14.3. The fraction of sp³-hybridized carbons (Fsp3) is 0.536. The first-order chi connectivity index (χ1) is 17.7. The van der Waals surface area contributed by atoms with Crippen LogP contribution in [0.4, 0.5) is 0 Å². The second kappa shape index (κ2) is 9.96. The van der Waals surface area contributed by atoms with Gasteiger partial charge in [-0.2, -0.15) is 4.31 Å². The second-order valence-electron chi connectivity index (χ2n) is 11.6. The first-order valence-electron chi connectivity index (χ1n) is 12.9. The minimum absolute atomic E-state index is 0.0222. The molecule has 2 atom stereocenters. The number of benzene rings is 1. The number of carbonyl (C=O) groups is 3. The Labute approximate surface area is 223 Å². The van der Waals surface area contributed by atoms with Crippen molar-refractivity contribution in [1.29, 1.82) is 0 Å². The van der Waals surface area contributed by atoms with E-state index in [4.69, 9.17) is 9.47 Å². The van der Waals surface area contributed by atoms with Crippen LogP contribution in [0, 0.1) is 24.7 Å². The molecular formula is C28H36N2O7S. The number of nitrogens with one attached hydrogen (secondary N) is 1. The summed E-state index contributed by atoms with van der Waals surface area (Å²) >= 11 is 0. The Morgan fingerprint density at radius 3 is 2.39 bits per heavy atom. The number of fused-ring (bicyclic) bond motifs is 2. The third kappa shape index (κ3) is 5.29. The van der Waals surface area contributed by atoms with E-state index in [1.165, 1.54) is 24.3 Å². The highest BCUT2D eigenvalue weighted by molar-refractivity contribution is 7.89. The molecule has 38 heavy (non-hydrogen) atoms. The van der Waals surface area contributed by atoms with Crippen LogP contribution in [0.1, 0.15) is 89.4 Å². The van der Waals surface area contributed by atoms with Gasteiger partial charge in [0.05, 0.1) is 28.2 Å². The average molecular weight is 545 g/mol. The maximum Gasteiger partial charge on any atom is 0.340 e. The molecule has 1 aliphatic heterocycles. The van der Waals surface area contributed by atoms with E-state index in [2.05, 4.69) is 25.8 Å². The zero-order valence-electron chi connectivity index (χ0n) is 22.8. The molecule has 1 saturated carbocycles. The van der Waals surface area contributed by atoms with Gasteiger partial charge < -0.3 is 14.5 Å². The summed E-state index contributed by atoms with van der Waals surface area (Å²) in [5.74, 6) is -2.02. The maximum atomic E-state index is 13.6. The van der Waals surface area contributed by atoms with E-state index in [1.807, 2.05) is 0 Å². The van der Waals surface area contributed by atoms with Crippen molar-refractivity contribution in [1.82, 2.24) is 9.29 Å². The third-order valence-corrected chi connectivity index (χ3v) is 9.41. The molecule has 9 nitrogen and oxygen atoms in total. The molecule has 4 rings (SSSR count). The summed E-state index contributed by atoms with van der Waals surface area (Å²) in [6, 6.07) is 5.65. The van der Waals surface area contributed by atoms with E-state index in [1.54, 1.807) is 25.1 Å². The number of ether oxygens (including phenoxy) is 2. The van der Waals surface area contributed by atoms with E-state index >= 15 is 0 Å². The van der Waals surface area contributed by atoms with Gasteiger partial charge in [-0.25, -0.2) is 18.0 Å². The molecule has 0 spiro atoms. The minimum atomic E-state index is -3.83. The predicted octanol–water partition coefficient (Wildman–Crippen LogP) is 4.44. The van der Waals surface area contributed by atoms with Gasteiger partial charge in [-0.3, -0.25) is 4.79 Å². The molecule has 0 radical (unpaired) electrons. The van der Waals surface area contributed by atoms with Crippen molar-refractivity contribution in [3.05, 3.63) is 52.3 Å². The zero-order chi connectivity index (χ0) is 28.0. The normalized spacial score (nSPS) is 22.7. The Morgan fingerprint density at radius 1 is 1.03 bits per heavy atom. The molecular weight excluding hydrogens is 508 g/mol. The molecule has 2 heterocycles. The molecule has 1 saturated heterocycles. The number of H-pyrrole nitrogens is 1. The molecule has 1 aromatic carbocycles. The van der Waals surface area contributed by atoms with Gasteiger partial charge in [-0.05, 0) is 69.1 Å². The first kappa shape index (κ1) is 28.0. The molecule has 2 bridgehead atoms. The zero-order valence-corrected chi connectivity index (χ0v) is 23.7. The molecule has 2 fully saturated rings. The standard InChI is InChI=1S/C28H36N2O7S/c1-7-36-26(33)24-18(3)29-17(2)23(24)22(31)14-37-25(32)19-9-8-10-21(11-19)38(34,35)30-16-28(6)13-20(30)12-27(4,5)15-28/h8-11,20,29H,7,12-16H2,1-6H3/t20-,28-/m1/s1. The molecule has 1 N–H and O–H groups in total. The Hall–Kier alpha value is -2.98. The monoisotopic (exact) mass is 544 g/mol. The van der Waals surface area contributed by atoms with Gasteiger partial charge in [0.15, 0.2) is 6.61 Å². The molecule has 1 aliphatic carbocycles.